The second-order valence-electron chi connectivity index (χ2n) is 4.31. The van der Waals surface area contributed by atoms with Crippen molar-refractivity contribution in [2.45, 2.75) is 6.92 Å². The molecule has 0 aliphatic rings. The summed E-state index contributed by atoms with van der Waals surface area (Å²) >= 11 is 0. The molecule has 1 aromatic rings. The minimum atomic E-state index is -0.242. The van der Waals surface area contributed by atoms with Crippen LogP contribution in [-0.4, -0.2) is 33.0 Å². The molecule has 0 saturated heterocycles. The summed E-state index contributed by atoms with van der Waals surface area (Å²) in [6.45, 7) is 2.07. The van der Waals surface area contributed by atoms with Gasteiger partial charge in [0, 0.05) is 18.5 Å². The Morgan fingerprint density at radius 3 is 2.60 bits per heavy atom. The molecule has 5 heteroatoms. The van der Waals surface area contributed by atoms with Gasteiger partial charge in [0.05, 0.1) is 14.2 Å². The Bertz CT molecular complexity index is 497. The molecule has 20 heavy (non-hydrogen) atoms. The summed E-state index contributed by atoms with van der Waals surface area (Å²) in [4.78, 5) is 22.0. The lowest BCUT2D eigenvalue weighted by Gasteiger charge is -2.07. The molecule has 0 spiro atoms. The monoisotopic (exact) mass is 277 g/mol. The van der Waals surface area contributed by atoms with E-state index in [4.69, 9.17) is 9.47 Å². The van der Waals surface area contributed by atoms with E-state index in [9.17, 15) is 9.59 Å². The first-order chi connectivity index (χ1) is 9.60. The van der Waals surface area contributed by atoms with E-state index in [-0.39, 0.29) is 11.8 Å². The Kier molecular flexibility index (Phi) is 6.29. The van der Waals surface area contributed by atoms with Gasteiger partial charge < -0.3 is 19.6 Å². The third kappa shape index (κ3) is 4.76. The molecule has 1 aromatic carbocycles. The minimum absolute atomic E-state index is 0.187. The maximum absolute atomic E-state index is 11.5. The summed E-state index contributed by atoms with van der Waals surface area (Å²) in [5.74, 6) is 0.806. The normalized spacial score (nSPS) is 11.9. The zero-order valence-electron chi connectivity index (χ0n) is 11.9. The first-order valence-corrected chi connectivity index (χ1v) is 6.24. The first-order valence-electron chi connectivity index (χ1n) is 6.24. The molecule has 0 radical (unpaired) electrons. The van der Waals surface area contributed by atoms with Crippen LogP contribution in [0.3, 0.4) is 0 Å². The number of amides is 1. The third-order valence-electron chi connectivity index (χ3n) is 2.67. The van der Waals surface area contributed by atoms with Gasteiger partial charge in [-0.05, 0) is 23.8 Å². The highest BCUT2D eigenvalue weighted by molar-refractivity contribution is 5.91. The van der Waals surface area contributed by atoms with Crippen LogP contribution in [0.1, 0.15) is 12.5 Å². The van der Waals surface area contributed by atoms with E-state index in [1.807, 2.05) is 6.07 Å². The number of benzene rings is 1. The Morgan fingerprint density at radius 2 is 2.00 bits per heavy atom. The number of hydrogen-bond donors (Lipinski definition) is 1. The van der Waals surface area contributed by atoms with Crippen molar-refractivity contribution in [1.82, 2.24) is 5.32 Å². The Balaban J connectivity index is 2.65. The molecular formula is C15H19NO4. The van der Waals surface area contributed by atoms with Gasteiger partial charge >= 0.3 is 0 Å². The van der Waals surface area contributed by atoms with Crippen molar-refractivity contribution in [2.75, 3.05) is 20.8 Å². The van der Waals surface area contributed by atoms with Gasteiger partial charge in [-0.15, -0.1) is 0 Å². The molecule has 0 aromatic heterocycles. The molecule has 1 unspecified atom stereocenters. The average molecular weight is 277 g/mol. The number of hydrogen-bond acceptors (Lipinski definition) is 4. The van der Waals surface area contributed by atoms with E-state index in [0.717, 1.165) is 11.8 Å². The van der Waals surface area contributed by atoms with Crippen LogP contribution in [0.15, 0.2) is 24.3 Å². The maximum Gasteiger partial charge on any atom is 0.244 e. The topological polar surface area (TPSA) is 64.6 Å². The second kappa shape index (κ2) is 7.99. The number of ether oxygens (including phenoxy) is 2. The Labute approximate surface area is 118 Å². The zero-order valence-corrected chi connectivity index (χ0v) is 11.9. The van der Waals surface area contributed by atoms with Gasteiger partial charge in [0.1, 0.15) is 6.29 Å². The van der Waals surface area contributed by atoms with Crippen LogP contribution >= 0.6 is 0 Å². The predicted octanol–water partition coefficient (Wildman–Crippen LogP) is 1.67. The fourth-order valence-corrected chi connectivity index (χ4v) is 1.50. The Morgan fingerprint density at radius 1 is 1.30 bits per heavy atom. The summed E-state index contributed by atoms with van der Waals surface area (Å²) in [5, 5.41) is 2.64. The molecule has 0 saturated carbocycles. The number of nitrogens with one attached hydrogen (secondary N) is 1. The number of methoxy groups -OCH3 is 2. The van der Waals surface area contributed by atoms with E-state index in [2.05, 4.69) is 5.32 Å². The van der Waals surface area contributed by atoms with E-state index < -0.39 is 0 Å². The van der Waals surface area contributed by atoms with Crippen molar-refractivity contribution in [3.8, 4) is 11.5 Å². The predicted molar refractivity (Wildman–Crippen MR) is 76.8 cm³/mol. The molecule has 1 rings (SSSR count). The molecule has 5 nitrogen and oxygen atoms in total. The standard InChI is InChI=1S/C15H19NO4/c1-11(10-17)9-16-15(18)7-5-12-4-6-13(19-2)14(8-12)20-3/h4-8,10-11H,9H2,1-3H3,(H,16,18)/b7-5+. The maximum atomic E-state index is 11.5. The minimum Gasteiger partial charge on any atom is -0.493 e. The van der Waals surface area contributed by atoms with Crippen molar-refractivity contribution in [2.24, 2.45) is 5.92 Å². The first kappa shape index (κ1) is 15.8. The van der Waals surface area contributed by atoms with Crippen LogP contribution in [-0.2, 0) is 9.59 Å². The highest BCUT2D eigenvalue weighted by atomic mass is 16.5. The molecule has 0 aliphatic carbocycles. The molecule has 108 valence electrons. The van der Waals surface area contributed by atoms with Gasteiger partial charge in [-0.3, -0.25) is 4.79 Å². The van der Waals surface area contributed by atoms with E-state index >= 15 is 0 Å². The number of rotatable bonds is 7. The smallest absolute Gasteiger partial charge is 0.244 e. The summed E-state index contributed by atoms with van der Waals surface area (Å²) in [7, 11) is 3.12. The van der Waals surface area contributed by atoms with Crippen LogP contribution < -0.4 is 14.8 Å². The van der Waals surface area contributed by atoms with Crippen LogP contribution in [0.2, 0.25) is 0 Å². The van der Waals surface area contributed by atoms with Crippen LogP contribution in [0.5, 0.6) is 11.5 Å². The average Bonchev–Trinajstić information content (AvgIpc) is 2.49. The zero-order chi connectivity index (χ0) is 15.0. The van der Waals surface area contributed by atoms with E-state index in [1.165, 1.54) is 6.08 Å². The lowest BCUT2D eigenvalue weighted by molar-refractivity contribution is -0.116. The van der Waals surface area contributed by atoms with Crippen LogP contribution in [0.4, 0.5) is 0 Å². The summed E-state index contributed by atoms with van der Waals surface area (Å²) in [5.41, 5.74) is 0.821. The van der Waals surface area contributed by atoms with Gasteiger partial charge in [0.2, 0.25) is 5.91 Å². The van der Waals surface area contributed by atoms with Crippen LogP contribution in [0, 0.1) is 5.92 Å². The molecule has 0 aliphatic heterocycles. The summed E-state index contributed by atoms with van der Waals surface area (Å²) < 4.78 is 10.3. The summed E-state index contributed by atoms with van der Waals surface area (Å²) in [6, 6.07) is 5.36. The van der Waals surface area contributed by atoms with Crippen molar-refractivity contribution < 1.29 is 19.1 Å². The second-order valence-corrected chi connectivity index (χ2v) is 4.31. The summed E-state index contributed by atoms with van der Waals surface area (Å²) in [6.07, 6.45) is 3.89. The molecule has 1 amide bonds. The highest BCUT2D eigenvalue weighted by Gasteiger charge is 2.04. The van der Waals surface area contributed by atoms with E-state index in [0.29, 0.717) is 18.0 Å². The van der Waals surface area contributed by atoms with Gasteiger partial charge in [-0.25, -0.2) is 0 Å². The molecule has 0 fully saturated rings. The lowest BCUT2D eigenvalue weighted by Crippen LogP contribution is -2.26. The fraction of sp³-hybridized carbons (Fsp3) is 0.333. The highest BCUT2D eigenvalue weighted by Crippen LogP contribution is 2.27. The number of aldehydes is 1. The van der Waals surface area contributed by atoms with Crippen molar-refractivity contribution in [3.63, 3.8) is 0 Å². The molecular weight excluding hydrogens is 258 g/mol. The number of carbonyl (C=O) groups is 2. The van der Waals surface area contributed by atoms with Gasteiger partial charge in [-0.1, -0.05) is 13.0 Å². The van der Waals surface area contributed by atoms with Gasteiger partial charge in [0.15, 0.2) is 11.5 Å². The fourth-order valence-electron chi connectivity index (χ4n) is 1.50. The van der Waals surface area contributed by atoms with Gasteiger partial charge in [0.25, 0.3) is 0 Å². The molecule has 1 N–H and O–H groups in total. The largest absolute Gasteiger partial charge is 0.493 e. The molecule has 0 bridgehead atoms. The van der Waals surface area contributed by atoms with Crippen molar-refractivity contribution in [1.29, 1.82) is 0 Å². The number of carbonyl (C=O) groups excluding carboxylic acids is 2. The molecule has 0 heterocycles. The third-order valence-corrected chi connectivity index (χ3v) is 2.67. The lowest BCUT2D eigenvalue weighted by atomic mass is 10.2. The van der Waals surface area contributed by atoms with Crippen LogP contribution in [0.25, 0.3) is 6.08 Å². The van der Waals surface area contributed by atoms with E-state index in [1.54, 1.807) is 39.4 Å². The Hall–Kier alpha value is -2.30. The SMILES string of the molecule is COc1ccc(/C=C/C(=O)NCC(C)C=O)cc1OC. The quantitative estimate of drug-likeness (QED) is 0.608. The van der Waals surface area contributed by atoms with Gasteiger partial charge in [-0.2, -0.15) is 0 Å². The molecule has 1 atom stereocenters. The van der Waals surface area contributed by atoms with Crippen molar-refractivity contribution >= 4 is 18.3 Å². The van der Waals surface area contributed by atoms with Crippen molar-refractivity contribution in [3.05, 3.63) is 29.8 Å².